The molecule has 0 saturated carbocycles. The largest absolute Gasteiger partial charge is 0.417 e. The zero-order chi connectivity index (χ0) is 17.9. The van der Waals surface area contributed by atoms with Crippen LogP contribution in [0.25, 0.3) is 0 Å². The van der Waals surface area contributed by atoms with Gasteiger partial charge in [-0.05, 0) is 44.6 Å². The summed E-state index contributed by atoms with van der Waals surface area (Å²) < 4.78 is 72.0. The van der Waals surface area contributed by atoms with Crippen molar-refractivity contribution in [3.8, 4) is 0 Å². The normalized spacial score (nSPS) is 21.3. The van der Waals surface area contributed by atoms with Gasteiger partial charge in [0.25, 0.3) is 10.1 Å². The van der Waals surface area contributed by atoms with Crippen molar-refractivity contribution in [1.29, 1.82) is 0 Å². The minimum absolute atomic E-state index is 0.542. The first-order chi connectivity index (χ1) is 10.3. The first kappa shape index (κ1) is 20.1. The van der Waals surface area contributed by atoms with Crippen LogP contribution >= 0.6 is 0 Å². The van der Waals surface area contributed by atoms with Crippen LogP contribution in [0.15, 0.2) is 29.2 Å². The van der Waals surface area contributed by atoms with Gasteiger partial charge in [-0.1, -0.05) is 18.6 Å². The van der Waals surface area contributed by atoms with Crippen molar-refractivity contribution in [3.05, 3.63) is 29.8 Å². The van der Waals surface area contributed by atoms with Crippen LogP contribution < -0.4 is 0 Å². The van der Waals surface area contributed by atoms with Gasteiger partial charge in [-0.3, -0.25) is 4.55 Å². The van der Waals surface area contributed by atoms with E-state index in [4.69, 9.17) is 8.98 Å². The van der Waals surface area contributed by atoms with E-state index in [9.17, 15) is 21.6 Å². The average molecular weight is 370 g/mol. The molecule has 1 aliphatic rings. The molecule has 2 rings (SSSR count). The molecule has 0 radical (unpaired) electrons. The van der Waals surface area contributed by atoms with Gasteiger partial charge in [0.15, 0.2) is 8.32 Å². The summed E-state index contributed by atoms with van der Waals surface area (Å²) in [6.45, 7) is 6.80. The van der Waals surface area contributed by atoms with Crippen LogP contribution in [-0.4, -0.2) is 27.4 Å². The van der Waals surface area contributed by atoms with Crippen LogP contribution in [0.1, 0.15) is 25.3 Å². The summed E-state index contributed by atoms with van der Waals surface area (Å²) in [5, 5.41) is 0. The van der Waals surface area contributed by atoms with Gasteiger partial charge in [0.1, 0.15) is 4.90 Å². The highest BCUT2D eigenvalue weighted by atomic mass is 32.2. The molecule has 23 heavy (non-hydrogen) atoms. The van der Waals surface area contributed by atoms with Crippen LogP contribution in [0.5, 0.6) is 0 Å². The third-order valence-electron chi connectivity index (χ3n) is 3.38. The van der Waals surface area contributed by atoms with E-state index in [0.29, 0.717) is 18.2 Å². The first-order valence-corrected chi connectivity index (χ1v) is 11.7. The highest BCUT2D eigenvalue weighted by Gasteiger charge is 2.36. The van der Waals surface area contributed by atoms with E-state index in [0.717, 1.165) is 12.1 Å². The fraction of sp³-hybridized carbons (Fsp3) is 0.571. The second-order valence-electron chi connectivity index (χ2n) is 6.05. The zero-order valence-electron chi connectivity index (χ0n) is 13.2. The van der Waals surface area contributed by atoms with E-state index < -0.39 is 35.1 Å². The van der Waals surface area contributed by atoms with Crippen LogP contribution in [0, 0.1) is 0 Å². The van der Waals surface area contributed by atoms with Gasteiger partial charge in [-0.15, -0.1) is 0 Å². The molecule has 9 heteroatoms. The lowest BCUT2D eigenvalue weighted by molar-refractivity contribution is -0.140. The SMILES string of the molecule is CC1CCC[Si](C)(C)O1.O=S(=O)(O)c1ccccc1C(F)(F)F. The van der Waals surface area contributed by atoms with Gasteiger partial charge in [0.05, 0.1) is 5.56 Å². The standard InChI is InChI=1S/C7H5F3O3S.C7H16OSi/c8-7(9,10)5-3-1-2-4-6(5)14(11,12)13;1-7-5-4-6-9(2,3)8-7/h1-4H,(H,11,12,13);7H,4-6H2,1-3H3. The minimum Gasteiger partial charge on any atom is -0.415 e. The van der Waals surface area contributed by atoms with E-state index >= 15 is 0 Å². The topological polar surface area (TPSA) is 63.6 Å². The second-order valence-corrected chi connectivity index (χ2v) is 11.7. The van der Waals surface area contributed by atoms with Crippen molar-refractivity contribution >= 4 is 18.4 Å². The van der Waals surface area contributed by atoms with Crippen molar-refractivity contribution in [3.63, 3.8) is 0 Å². The number of benzene rings is 1. The summed E-state index contributed by atoms with van der Waals surface area (Å²) in [5.41, 5.74) is -1.37. The van der Waals surface area contributed by atoms with Gasteiger partial charge in [-0.2, -0.15) is 21.6 Å². The maximum Gasteiger partial charge on any atom is 0.417 e. The van der Waals surface area contributed by atoms with E-state index in [1.165, 1.54) is 18.9 Å². The fourth-order valence-electron chi connectivity index (χ4n) is 2.40. The Hall–Kier alpha value is -0.903. The number of rotatable bonds is 1. The average Bonchev–Trinajstić information content (AvgIpc) is 2.36. The lowest BCUT2D eigenvalue weighted by Gasteiger charge is -2.32. The highest BCUT2D eigenvalue weighted by Crippen LogP contribution is 2.33. The van der Waals surface area contributed by atoms with Gasteiger partial charge in [0, 0.05) is 6.10 Å². The third-order valence-corrected chi connectivity index (χ3v) is 6.89. The molecule has 1 aliphatic heterocycles. The Balaban J connectivity index is 0.000000253. The molecule has 0 amide bonds. The Bertz CT molecular complexity index is 629. The first-order valence-electron chi connectivity index (χ1n) is 7.14. The van der Waals surface area contributed by atoms with Crippen LogP contribution in [0.2, 0.25) is 19.1 Å². The maximum absolute atomic E-state index is 12.2. The Morgan fingerprint density at radius 1 is 1.26 bits per heavy atom. The number of alkyl halides is 3. The van der Waals surface area contributed by atoms with E-state index in [1.54, 1.807) is 0 Å². The number of hydrogen-bond acceptors (Lipinski definition) is 3. The molecular weight excluding hydrogens is 349 g/mol. The summed E-state index contributed by atoms with van der Waals surface area (Å²) >= 11 is 0. The molecule has 132 valence electrons. The number of halogens is 3. The summed E-state index contributed by atoms with van der Waals surface area (Å²) in [4.78, 5) is -1.13. The summed E-state index contributed by atoms with van der Waals surface area (Å²) in [5.74, 6) is 0. The molecule has 0 bridgehead atoms. The van der Waals surface area contributed by atoms with Gasteiger partial charge >= 0.3 is 6.18 Å². The van der Waals surface area contributed by atoms with E-state index in [-0.39, 0.29) is 0 Å². The summed E-state index contributed by atoms with van der Waals surface area (Å²) in [6, 6.07) is 4.77. The van der Waals surface area contributed by atoms with E-state index in [2.05, 4.69) is 20.0 Å². The molecule has 1 unspecified atom stereocenters. The molecule has 0 spiro atoms. The molecular formula is C14H21F3O4SSi. The molecule has 1 fully saturated rings. The predicted molar refractivity (Wildman–Crippen MR) is 83.3 cm³/mol. The Morgan fingerprint density at radius 3 is 2.17 bits per heavy atom. The van der Waals surface area contributed by atoms with Gasteiger partial charge in [0.2, 0.25) is 0 Å². The molecule has 4 nitrogen and oxygen atoms in total. The third kappa shape index (κ3) is 6.62. The Labute approximate surface area is 135 Å². The highest BCUT2D eigenvalue weighted by molar-refractivity contribution is 7.85. The number of hydrogen-bond donors (Lipinski definition) is 1. The van der Waals surface area contributed by atoms with Crippen molar-refractivity contribution in [2.45, 2.75) is 56.1 Å². The maximum atomic E-state index is 12.2. The minimum atomic E-state index is -4.84. The van der Waals surface area contributed by atoms with Gasteiger partial charge < -0.3 is 4.43 Å². The fourth-order valence-corrected chi connectivity index (χ4v) is 5.50. The van der Waals surface area contributed by atoms with Crippen LogP contribution in [0.3, 0.4) is 0 Å². The molecule has 0 aliphatic carbocycles. The zero-order valence-corrected chi connectivity index (χ0v) is 15.0. The molecule has 1 N–H and O–H groups in total. The quantitative estimate of drug-likeness (QED) is 0.590. The molecule has 0 aromatic heterocycles. The van der Waals surface area contributed by atoms with Crippen molar-refractivity contribution in [2.75, 3.05) is 0 Å². The summed E-state index contributed by atoms with van der Waals surface area (Å²) in [7, 11) is -5.99. The van der Waals surface area contributed by atoms with Gasteiger partial charge in [-0.25, -0.2) is 0 Å². The summed E-state index contributed by atoms with van der Waals surface area (Å²) in [6.07, 6.45) is -1.59. The predicted octanol–water partition coefficient (Wildman–Crippen LogP) is 4.34. The molecule has 1 aromatic rings. The second kappa shape index (κ2) is 7.33. The van der Waals surface area contributed by atoms with Crippen molar-refractivity contribution < 1.29 is 30.6 Å². The molecule has 1 aromatic carbocycles. The monoisotopic (exact) mass is 370 g/mol. The molecule has 1 saturated heterocycles. The van der Waals surface area contributed by atoms with Crippen molar-refractivity contribution in [2.24, 2.45) is 0 Å². The van der Waals surface area contributed by atoms with E-state index in [1.807, 2.05) is 0 Å². The smallest absolute Gasteiger partial charge is 0.415 e. The van der Waals surface area contributed by atoms with Crippen molar-refractivity contribution in [1.82, 2.24) is 0 Å². The molecule has 1 atom stereocenters. The molecule has 1 heterocycles. The lowest BCUT2D eigenvalue weighted by atomic mass is 10.2. The van der Waals surface area contributed by atoms with Crippen LogP contribution in [0.4, 0.5) is 13.2 Å². The van der Waals surface area contributed by atoms with Crippen LogP contribution in [-0.2, 0) is 20.7 Å². The lowest BCUT2D eigenvalue weighted by Crippen LogP contribution is -2.37. The Kier molecular flexibility index (Phi) is 6.42. The Morgan fingerprint density at radius 2 is 1.83 bits per heavy atom.